The van der Waals surface area contributed by atoms with Gasteiger partial charge in [0.2, 0.25) is 0 Å². The molecule has 0 nitrogen and oxygen atoms in total. The fraction of sp³-hybridized carbons (Fsp3) is 0.714. The molecule has 1 unspecified atom stereocenters. The number of hydrogen-bond acceptors (Lipinski definition) is 1. The molecule has 0 bridgehead atoms. The third-order valence-electron chi connectivity index (χ3n) is 1.39. The van der Waals surface area contributed by atoms with Gasteiger partial charge in [0.05, 0.1) is 0 Å². The molecule has 1 heterocycles. The van der Waals surface area contributed by atoms with Crippen LogP contribution in [0, 0.1) is 0 Å². The monoisotopic (exact) mass is 128 g/mol. The molecule has 0 amide bonds. The predicted octanol–water partition coefficient (Wildman–Crippen LogP) is 2.81. The molecule has 1 heteroatoms. The standard InChI is InChI=1S/C7H12S/c1-6-4-3-5-7(2)8-6/h4,7H,3,5H2,1-2H3. The molecule has 0 aliphatic carbocycles. The number of hydrogen-bond donors (Lipinski definition) is 0. The van der Waals surface area contributed by atoms with E-state index in [1.54, 1.807) is 0 Å². The van der Waals surface area contributed by atoms with Crippen LogP contribution < -0.4 is 0 Å². The van der Waals surface area contributed by atoms with Gasteiger partial charge in [0.25, 0.3) is 0 Å². The average molecular weight is 128 g/mol. The second-order valence-electron chi connectivity index (χ2n) is 2.32. The van der Waals surface area contributed by atoms with Gasteiger partial charge in [-0.1, -0.05) is 13.0 Å². The number of allylic oxidation sites excluding steroid dienone is 2. The molecular weight excluding hydrogens is 116 g/mol. The minimum absolute atomic E-state index is 0.861. The van der Waals surface area contributed by atoms with Crippen LogP contribution in [0.4, 0.5) is 0 Å². The topological polar surface area (TPSA) is 0 Å². The maximum absolute atomic E-state index is 2.32. The normalized spacial score (nSPS) is 29.8. The zero-order valence-electron chi connectivity index (χ0n) is 5.48. The summed E-state index contributed by atoms with van der Waals surface area (Å²) in [6, 6.07) is 0. The van der Waals surface area contributed by atoms with Crippen LogP contribution in [0.2, 0.25) is 0 Å². The van der Waals surface area contributed by atoms with Crippen LogP contribution in [0.1, 0.15) is 26.7 Å². The van der Waals surface area contributed by atoms with Crippen LogP contribution in [0.15, 0.2) is 11.0 Å². The van der Waals surface area contributed by atoms with E-state index in [4.69, 9.17) is 0 Å². The van der Waals surface area contributed by atoms with E-state index in [2.05, 4.69) is 19.9 Å². The van der Waals surface area contributed by atoms with Gasteiger partial charge >= 0.3 is 0 Å². The van der Waals surface area contributed by atoms with Crippen molar-refractivity contribution in [3.8, 4) is 0 Å². The molecule has 1 aliphatic heterocycles. The van der Waals surface area contributed by atoms with Crippen molar-refractivity contribution in [1.82, 2.24) is 0 Å². The molecule has 0 saturated carbocycles. The van der Waals surface area contributed by atoms with Crippen molar-refractivity contribution in [2.45, 2.75) is 31.9 Å². The lowest BCUT2D eigenvalue weighted by Gasteiger charge is -2.14. The molecule has 1 atom stereocenters. The lowest BCUT2D eigenvalue weighted by atomic mass is 10.2. The Balaban J connectivity index is 2.45. The second-order valence-corrected chi connectivity index (χ2v) is 4.00. The summed E-state index contributed by atoms with van der Waals surface area (Å²) < 4.78 is 0. The maximum atomic E-state index is 2.32. The summed E-state index contributed by atoms with van der Waals surface area (Å²) in [6.07, 6.45) is 4.98. The zero-order valence-corrected chi connectivity index (χ0v) is 6.29. The SMILES string of the molecule is CC1=CCCC(C)S1. The number of thioether (sulfide) groups is 1. The first-order valence-corrected chi connectivity index (χ1v) is 4.00. The Morgan fingerprint density at radius 2 is 2.50 bits per heavy atom. The Bertz CT molecular complexity index is 105. The van der Waals surface area contributed by atoms with Gasteiger partial charge in [0.1, 0.15) is 0 Å². The van der Waals surface area contributed by atoms with Crippen molar-refractivity contribution in [3.63, 3.8) is 0 Å². The van der Waals surface area contributed by atoms with Gasteiger partial charge in [-0.3, -0.25) is 0 Å². The highest BCUT2D eigenvalue weighted by Gasteiger charge is 2.06. The highest BCUT2D eigenvalue weighted by molar-refractivity contribution is 8.03. The maximum Gasteiger partial charge on any atom is 0.00655 e. The average Bonchev–Trinajstić information content (AvgIpc) is 1.64. The summed E-state index contributed by atoms with van der Waals surface area (Å²) in [5.74, 6) is 0. The summed E-state index contributed by atoms with van der Waals surface area (Å²) in [7, 11) is 0. The van der Waals surface area contributed by atoms with E-state index in [1.807, 2.05) is 11.8 Å². The molecule has 0 aromatic heterocycles. The molecule has 0 spiro atoms. The third-order valence-corrected chi connectivity index (χ3v) is 2.57. The third kappa shape index (κ3) is 1.55. The number of rotatable bonds is 0. The molecule has 1 aliphatic rings. The van der Waals surface area contributed by atoms with Gasteiger partial charge < -0.3 is 0 Å². The molecule has 0 fully saturated rings. The smallest absolute Gasteiger partial charge is 0.00655 e. The van der Waals surface area contributed by atoms with E-state index in [9.17, 15) is 0 Å². The lowest BCUT2D eigenvalue weighted by molar-refractivity contribution is 0.822. The molecular formula is C7H12S. The first-order valence-electron chi connectivity index (χ1n) is 3.12. The van der Waals surface area contributed by atoms with Gasteiger partial charge in [0.15, 0.2) is 0 Å². The molecule has 0 saturated heterocycles. The minimum Gasteiger partial charge on any atom is -0.128 e. The van der Waals surface area contributed by atoms with Crippen LogP contribution in [0.25, 0.3) is 0 Å². The van der Waals surface area contributed by atoms with E-state index >= 15 is 0 Å². The quantitative estimate of drug-likeness (QED) is 0.483. The summed E-state index contributed by atoms with van der Waals surface area (Å²) in [5, 5.41) is 0.861. The first kappa shape index (κ1) is 6.21. The van der Waals surface area contributed by atoms with Crippen LogP contribution >= 0.6 is 11.8 Å². The Hall–Kier alpha value is 0.0900. The van der Waals surface area contributed by atoms with Crippen LogP contribution in [0.3, 0.4) is 0 Å². The summed E-state index contributed by atoms with van der Waals surface area (Å²) >= 11 is 2.00. The Morgan fingerprint density at radius 3 is 2.88 bits per heavy atom. The highest BCUT2D eigenvalue weighted by atomic mass is 32.2. The van der Waals surface area contributed by atoms with Crippen LogP contribution in [-0.4, -0.2) is 5.25 Å². The van der Waals surface area contributed by atoms with Crippen molar-refractivity contribution in [2.75, 3.05) is 0 Å². The van der Waals surface area contributed by atoms with E-state index < -0.39 is 0 Å². The van der Waals surface area contributed by atoms with E-state index in [0.717, 1.165) is 5.25 Å². The summed E-state index contributed by atoms with van der Waals surface area (Å²) in [6.45, 7) is 4.49. The van der Waals surface area contributed by atoms with E-state index in [0.29, 0.717) is 0 Å². The van der Waals surface area contributed by atoms with Crippen molar-refractivity contribution in [3.05, 3.63) is 11.0 Å². The van der Waals surface area contributed by atoms with Crippen LogP contribution in [-0.2, 0) is 0 Å². The first-order chi connectivity index (χ1) is 3.79. The largest absolute Gasteiger partial charge is 0.128 e. The molecule has 0 radical (unpaired) electrons. The molecule has 0 N–H and O–H groups in total. The molecule has 0 aromatic rings. The Labute approximate surface area is 55.4 Å². The van der Waals surface area contributed by atoms with Crippen molar-refractivity contribution in [1.29, 1.82) is 0 Å². The highest BCUT2D eigenvalue weighted by Crippen LogP contribution is 2.29. The zero-order chi connectivity index (χ0) is 5.98. The molecule has 1 rings (SSSR count). The van der Waals surface area contributed by atoms with Gasteiger partial charge in [0, 0.05) is 5.25 Å². The predicted molar refractivity (Wildman–Crippen MR) is 40.0 cm³/mol. The molecule has 0 aromatic carbocycles. The van der Waals surface area contributed by atoms with Crippen LogP contribution in [0.5, 0.6) is 0 Å². The van der Waals surface area contributed by atoms with E-state index in [-0.39, 0.29) is 0 Å². The lowest BCUT2D eigenvalue weighted by Crippen LogP contribution is -1.98. The van der Waals surface area contributed by atoms with Gasteiger partial charge in [-0.15, -0.1) is 11.8 Å². The Morgan fingerprint density at radius 1 is 1.75 bits per heavy atom. The fourth-order valence-corrected chi connectivity index (χ4v) is 2.05. The minimum atomic E-state index is 0.861. The van der Waals surface area contributed by atoms with Gasteiger partial charge in [-0.2, -0.15) is 0 Å². The molecule has 8 heavy (non-hydrogen) atoms. The van der Waals surface area contributed by atoms with Gasteiger partial charge in [-0.05, 0) is 24.7 Å². The fourth-order valence-electron chi connectivity index (χ4n) is 0.946. The second kappa shape index (κ2) is 2.58. The summed E-state index contributed by atoms with van der Waals surface area (Å²) in [4.78, 5) is 1.50. The van der Waals surface area contributed by atoms with Crippen molar-refractivity contribution >= 4 is 11.8 Å². The Kier molecular flexibility index (Phi) is 2.01. The van der Waals surface area contributed by atoms with E-state index in [1.165, 1.54) is 17.7 Å². The van der Waals surface area contributed by atoms with Crippen molar-refractivity contribution < 1.29 is 0 Å². The van der Waals surface area contributed by atoms with Crippen molar-refractivity contribution in [2.24, 2.45) is 0 Å². The molecule has 46 valence electrons. The summed E-state index contributed by atoms with van der Waals surface area (Å²) in [5.41, 5.74) is 0. The van der Waals surface area contributed by atoms with Gasteiger partial charge in [-0.25, -0.2) is 0 Å².